The third-order valence-electron chi connectivity index (χ3n) is 5.45. The van der Waals surface area contributed by atoms with E-state index in [0.29, 0.717) is 12.0 Å². The fourth-order valence-corrected chi connectivity index (χ4v) is 3.62. The summed E-state index contributed by atoms with van der Waals surface area (Å²) in [5, 5.41) is 13.1. The van der Waals surface area contributed by atoms with Crippen molar-refractivity contribution < 1.29 is 14.3 Å². The highest BCUT2D eigenvalue weighted by atomic mass is 16.4. The zero-order valence-electron chi connectivity index (χ0n) is 13.4. The minimum Gasteiger partial charge on any atom is -0.481 e. The first-order valence-corrected chi connectivity index (χ1v) is 7.90. The van der Waals surface area contributed by atoms with Crippen molar-refractivity contribution in [3.05, 3.63) is 24.2 Å². The van der Waals surface area contributed by atoms with Gasteiger partial charge < -0.3 is 14.8 Å². The lowest BCUT2D eigenvalue weighted by Gasteiger charge is -2.47. The SMILES string of the molecule is CCC(NC1CCC(C(=O)O)C(C)(C)C1C)c1ccco1. The Morgan fingerprint density at radius 3 is 2.76 bits per heavy atom. The fraction of sp³-hybridized carbons (Fsp3) is 0.706. The first-order chi connectivity index (χ1) is 9.87. The van der Waals surface area contributed by atoms with E-state index in [1.807, 2.05) is 12.1 Å². The van der Waals surface area contributed by atoms with Gasteiger partial charge in [-0.15, -0.1) is 0 Å². The van der Waals surface area contributed by atoms with Gasteiger partial charge >= 0.3 is 5.97 Å². The van der Waals surface area contributed by atoms with Crippen LogP contribution >= 0.6 is 0 Å². The first kappa shape index (κ1) is 16.1. The van der Waals surface area contributed by atoms with Gasteiger partial charge in [-0.3, -0.25) is 4.79 Å². The summed E-state index contributed by atoms with van der Waals surface area (Å²) in [6.45, 7) is 8.47. The third kappa shape index (κ3) is 3.15. The highest BCUT2D eigenvalue weighted by Gasteiger charge is 2.46. The fourth-order valence-electron chi connectivity index (χ4n) is 3.62. The van der Waals surface area contributed by atoms with Crippen molar-refractivity contribution in [1.29, 1.82) is 0 Å². The number of carboxylic acid groups (broad SMARTS) is 1. The van der Waals surface area contributed by atoms with Crippen LogP contribution in [-0.4, -0.2) is 17.1 Å². The second kappa shape index (κ2) is 6.22. The van der Waals surface area contributed by atoms with Crippen LogP contribution in [0.3, 0.4) is 0 Å². The molecule has 0 radical (unpaired) electrons. The Labute approximate surface area is 126 Å². The minimum absolute atomic E-state index is 0.199. The maximum Gasteiger partial charge on any atom is 0.307 e. The smallest absolute Gasteiger partial charge is 0.307 e. The second-order valence-electron chi connectivity index (χ2n) is 6.83. The van der Waals surface area contributed by atoms with Gasteiger partial charge in [0.2, 0.25) is 0 Å². The molecule has 1 saturated carbocycles. The van der Waals surface area contributed by atoms with E-state index in [0.717, 1.165) is 25.0 Å². The molecule has 4 unspecified atom stereocenters. The molecule has 1 aromatic heterocycles. The predicted molar refractivity (Wildman–Crippen MR) is 82.0 cm³/mol. The molecule has 0 bridgehead atoms. The van der Waals surface area contributed by atoms with E-state index in [1.54, 1.807) is 6.26 Å². The predicted octanol–water partition coefficient (Wildman–Crippen LogP) is 3.85. The maximum absolute atomic E-state index is 11.5. The molecule has 0 aliphatic heterocycles. The number of rotatable bonds is 5. The molecule has 4 atom stereocenters. The molecular weight excluding hydrogens is 266 g/mol. The minimum atomic E-state index is -0.664. The molecular formula is C17H27NO3. The van der Waals surface area contributed by atoms with E-state index < -0.39 is 5.97 Å². The van der Waals surface area contributed by atoms with Crippen molar-refractivity contribution in [2.75, 3.05) is 0 Å². The van der Waals surface area contributed by atoms with Gasteiger partial charge in [-0.2, -0.15) is 0 Å². The molecule has 21 heavy (non-hydrogen) atoms. The summed E-state index contributed by atoms with van der Waals surface area (Å²) < 4.78 is 5.52. The van der Waals surface area contributed by atoms with Crippen molar-refractivity contribution in [3.8, 4) is 0 Å². The lowest BCUT2D eigenvalue weighted by molar-refractivity contribution is -0.150. The lowest BCUT2D eigenvalue weighted by atomic mass is 9.61. The van der Waals surface area contributed by atoms with Gasteiger partial charge in [0.15, 0.2) is 0 Å². The summed E-state index contributed by atoms with van der Waals surface area (Å²) in [5.74, 6) is 0.344. The van der Waals surface area contributed by atoms with E-state index >= 15 is 0 Å². The van der Waals surface area contributed by atoms with E-state index in [-0.39, 0.29) is 17.4 Å². The van der Waals surface area contributed by atoms with Gasteiger partial charge in [-0.25, -0.2) is 0 Å². The van der Waals surface area contributed by atoms with E-state index in [4.69, 9.17) is 4.42 Å². The molecule has 4 nitrogen and oxygen atoms in total. The van der Waals surface area contributed by atoms with Gasteiger partial charge in [-0.1, -0.05) is 27.7 Å². The molecule has 0 aromatic carbocycles. The van der Waals surface area contributed by atoms with Gasteiger partial charge in [-0.05, 0) is 42.7 Å². The molecule has 0 saturated heterocycles. The molecule has 2 rings (SSSR count). The van der Waals surface area contributed by atoms with Crippen LogP contribution in [0.5, 0.6) is 0 Å². The van der Waals surface area contributed by atoms with Crippen LogP contribution in [0.1, 0.15) is 58.8 Å². The quantitative estimate of drug-likeness (QED) is 0.865. The number of nitrogens with one attached hydrogen (secondary N) is 1. The Morgan fingerprint density at radius 1 is 1.52 bits per heavy atom. The lowest BCUT2D eigenvalue weighted by Crippen LogP contribution is -2.51. The summed E-state index contributed by atoms with van der Waals surface area (Å²) in [6, 6.07) is 4.43. The summed E-state index contributed by atoms with van der Waals surface area (Å²) in [5.41, 5.74) is -0.205. The normalized spacial score (nSPS) is 30.0. The molecule has 0 amide bonds. The second-order valence-corrected chi connectivity index (χ2v) is 6.83. The molecule has 1 heterocycles. The van der Waals surface area contributed by atoms with E-state index in [2.05, 4.69) is 33.0 Å². The standard InChI is InChI=1S/C17H27NO3/c1-5-13(15-7-6-10-21-15)18-14-9-8-12(16(19)20)17(3,4)11(14)2/h6-7,10-14,18H,5,8-9H2,1-4H3,(H,19,20). The molecule has 2 N–H and O–H groups in total. The molecule has 0 spiro atoms. The van der Waals surface area contributed by atoms with Gasteiger partial charge in [0.05, 0.1) is 18.2 Å². The molecule has 1 aromatic rings. The average Bonchev–Trinajstić information content (AvgIpc) is 2.94. The Bertz CT molecular complexity index is 466. The van der Waals surface area contributed by atoms with Crippen molar-refractivity contribution in [3.63, 3.8) is 0 Å². The van der Waals surface area contributed by atoms with E-state index in [1.165, 1.54) is 0 Å². The van der Waals surface area contributed by atoms with Gasteiger partial charge in [0.1, 0.15) is 5.76 Å². The molecule has 1 aliphatic rings. The van der Waals surface area contributed by atoms with Crippen LogP contribution in [0.25, 0.3) is 0 Å². The summed E-state index contributed by atoms with van der Waals surface area (Å²) in [6.07, 6.45) is 4.30. The number of carboxylic acids is 1. The third-order valence-corrected chi connectivity index (χ3v) is 5.45. The Hall–Kier alpha value is -1.29. The number of carbonyl (C=O) groups is 1. The molecule has 4 heteroatoms. The van der Waals surface area contributed by atoms with Crippen molar-refractivity contribution in [1.82, 2.24) is 5.32 Å². The number of hydrogen-bond acceptors (Lipinski definition) is 3. The Morgan fingerprint density at radius 2 is 2.24 bits per heavy atom. The maximum atomic E-state index is 11.5. The van der Waals surface area contributed by atoms with Gasteiger partial charge in [0, 0.05) is 6.04 Å². The highest BCUT2D eigenvalue weighted by molar-refractivity contribution is 5.71. The number of aliphatic carboxylic acids is 1. The Kier molecular flexibility index (Phi) is 4.77. The summed E-state index contributed by atoms with van der Waals surface area (Å²) in [4.78, 5) is 11.5. The molecule has 1 fully saturated rings. The first-order valence-electron chi connectivity index (χ1n) is 7.90. The topological polar surface area (TPSA) is 62.5 Å². The van der Waals surface area contributed by atoms with Crippen molar-refractivity contribution >= 4 is 5.97 Å². The van der Waals surface area contributed by atoms with Crippen molar-refractivity contribution in [2.45, 2.75) is 59.0 Å². The van der Waals surface area contributed by atoms with Crippen LogP contribution in [0.15, 0.2) is 22.8 Å². The van der Waals surface area contributed by atoms with Crippen LogP contribution < -0.4 is 5.32 Å². The zero-order chi connectivity index (χ0) is 15.6. The molecule has 1 aliphatic carbocycles. The van der Waals surface area contributed by atoms with Crippen LogP contribution in [-0.2, 0) is 4.79 Å². The van der Waals surface area contributed by atoms with E-state index in [9.17, 15) is 9.90 Å². The van der Waals surface area contributed by atoms with Crippen LogP contribution in [0.2, 0.25) is 0 Å². The van der Waals surface area contributed by atoms with Crippen molar-refractivity contribution in [2.24, 2.45) is 17.3 Å². The number of hydrogen-bond donors (Lipinski definition) is 2. The summed E-state index contributed by atoms with van der Waals surface area (Å²) >= 11 is 0. The zero-order valence-corrected chi connectivity index (χ0v) is 13.4. The van der Waals surface area contributed by atoms with Gasteiger partial charge in [0.25, 0.3) is 0 Å². The largest absolute Gasteiger partial charge is 0.481 e. The Balaban J connectivity index is 2.10. The average molecular weight is 293 g/mol. The monoisotopic (exact) mass is 293 g/mol. The van der Waals surface area contributed by atoms with Crippen LogP contribution in [0.4, 0.5) is 0 Å². The number of furan rings is 1. The highest BCUT2D eigenvalue weighted by Crippen LogP contribution is 2.45. The molecule has 118 valence electrons. The summed E-state index contributed by atoms with van der Waals surface area (Å²) in [7, 11) is 0. The van der Waals surface area contributed by atoms with Crippen LogP contribution in [0, 0.1) is 17.3 Å².